The topological polar surface area (TPSA) is 64.6 Å². The highest BCUT2D eigenvalue weighted by Gasteiger charge is 2.22. The van der Waals surface area contributed by atoms with Crippen molar-refractivity contribution in [3.05, 3.63) is 71.6 Å². The van der Waals surface area contributed by atoms with Crippen molar-refractivity contribution in [1.82, 2.24) is 10.4 Å². The molecule has 0 bridgehead atoms. The van der Waals surface area contributed by atoms with Gasteiger partial charge in [-0.2, -0.15) is 0 Å². The lowest BCUT2D eigenvalue weighted by atomic mass is 10.1. The summed E-state index contributed by atoms with van der Waals surface area (Å²) in [5, 5.41) is 12.1. The Morgan fingerprint density at radius 1 is 1.23 bits per heavy atom. The molecule has 3 rings (SSSR count). The molecule has 1 amide bonds. The second-order valence-electron chi connectivity index (χ2n) is 6.39. The lowest BCUT2D eigenvalue weighted by Crippen LogP contribution is -2.26. The third kappa shape index (κ3) is 4.91. The van der Waals surface area contributed by atoms with Crippen LogP contribution in [0.15, 0.2) is 54.6 Å². The summed E-state index contributed by atoms with van der Waals surface area (Å²) in [6, 6.07) is 14.7. The number of hydrogen-bond donors (Lipinski definition) is 3. The number of nitrogens with one attached hydrogen (secondary N) is 2. The van der Waals surface area contributed by atoms with E-state index in [-0.39, 0.29) is 5.82 Å². The predicted molar refractivity (Wildman–Crippen MR) is 99.1 cm³/mol. The van der Waals surface area contributed by atoms with Crippen molar-refractivity contribution in [3.63, 3.8) is 0 Å². The van der Waals surface area contributed by atoms with Crippen molar-refractivity contribution in [2.75, 3.05) is 18.4 Å². The quantitative estimate of drug-likeness (QED) is 0.423. The van der Waals surface area contributed by atoms with E-state index in [2.05, 4.69) is 10.2 Å². The van der Waals surface area contributed by atoms with E-state index < -0.39 is 5.91 Å². The van der Waals surface area contributed by atoms with Gasteiger partial charge in [0.05, 0.1) is 0 Å². The van der Waals surface area contributed by atoms with E-state index in [1.54, 1.807) is 11.6 Å². The molecule has 26 heavy (non-hydrogen) atoms. The summed E-state index contributed by atoms with van der Waals surface area (Å²) in [7, 11) is 0. The number of anilines is 1. The number of para-hydroxylation sites is 1. The molecule has 0 saturated carbocycles. The monoisotopic (exact) mass is 355 g/mol. The Balaban J connectivity index is 1.59. The number of benzene rings is 2. The third-order valence-electron chi connectivity index (χ3n) is 4.44. The Morgan fingerprint density at radius 2 is 2.00 bits per heavy atom. The van der Waals surface area contributed by atoms with Gasteiger partial charge in [0.25, 0.3) is 5.91 Å². The fourth-order valence-corrected chi connectivity index (χ4v) is 3.14. The maximum atomic E-state index is 13.0. The van der Waals surface area contributed by atoms with Gasteiger partial charge < -0.3 is 5.32 Å². The molecule has 0 spiro atoms. The minimum atomic E-state index is -0.564. The Hall–Kier alpha value is -2.70. The van der Waals surface area contributed by atoms with Gasteiger partial charge in [-0.05, 0) is 41.8 Å². The van der Waals surface area contributed by atoms with E-state index in [0.717, 1.165) is 42.9 Å². The summed E-state index contributed by atoms with van der Waals surface area (Å²) in [6.07, 6.45) is 3.96. The highest BCUT2D eigenvalue weighted by atomic mass is 19.1. The van der Waals surface area contributed by atoms with E-state index in [1.165, 1.54) is 18.2 Å². The highest BCUT2D eigenvalue weighted by molar-refractivity contribution is 5.91. The van der Waals surface area contributed by atoms with Crippen LogP contribution < -0.4 is 10.8 Å². The maximum Gasteiger partial charge on any atom is 0.267 e. The number of rotatable bonds is 6. The molecule has 2 aromatic rings. The minimum Gasteiger partial charge on any atom is -0.380 e. The fraction of sp³-hybridized carbons (Fsp3) is 0.250. The Morgan fingerprint density at radius 3 is 2.77 bits per heavy atom. The van der Waals surface area contributed by atoms with Gasteiger partial charge in [-0.25, -0.2) is 9.87 Å². The minimum absolute atomic E-state index is 0.214. The van der Waals surface area contributed by atoms with Crippen molar-refractivity contribution < 1.29 is 14.4 Å². The van der Waals surface area contributed by atoms with E-state index in [4.69, 9.17) is 5.21 Å². The van der Waals surface area contributed by atoms with Gasteiger partial charge in [-0.15, -0.1) is 0 Å². The van der Waals surface area contributed by atoms with E-state index in [9.17, 15) is 9.18 Å². The van der Waals surface area contributed by atoms with Crippen LogP contribution in [0.25, 0.3) is 6.08 Å². The number of carbonyl (C=O) groups is 1. The predicted octanol–water partition coefficient (Wildman–Crippen LogP) is 3.03. The van der Waals surface area contributed by atoms with Crippen LogP contribution in [0.2, 0.25) is 0 Å². The van der Waals surface area contributed by atoms with Gasteiger partial charge in [0.2, 0.25) is 0 Å². The third-order valence-corrected chi connectivity index (χ3v) is 4.44. The smallest absolute Gasteiger partial charge is 0.267 e. The second-order valence-corrected chi connectivity index (χ2v) is 6.39. The Kier molecular flexibility index (Phi) is 5.99. The Labute approximate surface area is 152 Å². The van der Waals surface area contributed by atoms with Gasteiger partial charge >= 0.3 is 0 Å². The largest absolute Gasteiger partial charge is 0.380 e. The molecule has 5 nitrogen and oxygen atoms in total. The first-order valence-electron chi connectivity index (χ1n) is 8.58. The summed E-state index contributed by atoms with van der Waals surface area (Å²) < 4.78 is 13.0. The van der Waals surface area contributed by atoms with Crippen LogP contribution in [0.3, 0.4) is 0 Å². The zero-order valence-corrected chi connectivity index (χ0v) is 14.4. The van der Waals surface area contributed by atoms with Crippen molar-refractivity contribution in [1.29, 1.82) is 0 Å². The zero-order chi connectivity index (χ0) is 18.4. The fourth-order valence-electron chi connectivity index (χ4n) is 3.14. The number of amides is 1. The van der Waals surface area contributed by atoms with Gasteiger partial charge in [-0.3, -0.25) is 14.9 Å². The molecule has 1 heterocycles. The van der Waals surface area contributed by atoms with Gasteiger partial charge in [0.15, 0.2) is 0 Å². The normalized spacial score (nSPS) is 17.5. The van der Waals surface area contributed by atoms with E-state index in [0.29, 0.717) is 6.04 Å². The van der Waals surface area contributed by atoms with Crippen LogP contribution in [0.1, 0.15) is 17.5 Å². The van der Waals surface area contributed by atoms with Crippen LogP contribution in [-0.2, 0) is 11.3 Å². The molecule has 1 atom stereocenters. The van der Waals surface area contributed by atoms with Gasteiger partial charge in [0, 0.05) is 37.4 Å². The maximum absolute atomic E-state index is 13.0. The molecule has 0 radical (unpaired) electrons. The average Bonchev–Trinajstić information content (AvgIpc) is 3.09. The van der Waals surface area contributed by atoms with Crippen LogP contribution in [0, 0.1) is 5.82 Å². The van der Waals surface area contributed by atoms with Gasteiger partial charge in [0.1, 0.15) is 5.82 Å². The molecule has 3 N–H and O–H groups in total. The van der Waals surface area contributed by atoms with Crippen LogP contribution in [-0.4, -0.2) is 35.1 Å². The van der Waals surface area contributed by atoms with Crippen LogP contribution in [0.4, 0.5) is 10.1 Å². The van der Waals surface area contributed by atoms with Crippen molar-refractivity contribution in [3.8, 4) is 0 Å². The number of hydroxylamine groups is 1. The SMILES string of the molecule is O=C(C=Cc1ccccc1NC1CCN(Cc2ccc(F)cc2)C1)NO. The first-order valence-corrected chi connectivity index (χ1v) is 8.58. The lowest BCUT2D eigenvalue weighted by Gasteiger charge is -2.18. The summed E-state index contributed by atoms with van der Waals surface area (Å²) >= 11 is 0. The Bertz CT molecular complexity index is 777. The molecular weight excluding hydrogens is 333 g/mol. The number of carbonyl (C=O) groups excluding carboxylic acids is 1. The average molecular weight is 355 g/mol. The summed E-state index contributed by atoms with van der Waals surface area (Å²) in [4.78, 5) is 13.5. The number of halogens is 1. The van der Waals surface area contributed by atoms with Gasteiger partial charge in [-0.1, -0.05) is 30.3 Å². The lowest BCUT2D eigenvalue weighted by molar-refractivity contribution is -0.124. The van der Waals surface area contributed by atoms with Crippen LogP contribution in [0.5, 0.6) is 0 Å². The number of nitrogens with zero attached hydrogens (tertiary/aromatic N) is 1. The zero-order valence-electron chi connectivity index (χ0n) is 14.4. The molecule has 2 aromatic carbocycles. The summed E-state index contributed by atoms with van der Waals surface area (Å²) in [6.45, 7) is 2.67. The second kappa shape index (κ2) is 8.60. The number of likely N-dealkylation sites (tertiary alicyclic amines) is 1. The van der Waals surface area contributed by atoms with E-state index in [1.807, 2.05) is 36.4 Å². The molecule has 0 aromatic heterocycles. The molecule has 1 fully saturated rings. The molecule has 6 heteroatoms. The summed E-state index contributed by atoms with van der Waals surface area (Å²) in [5.74, 6) is -0.777. The van der Waals surface area contributed by atoms with E-state index >= 15 is 0 Å². The first-order chi connectivity index (χ1) is 12.6. The first kappa shape index (κ1) is 18.1. The van der Waals surface area contributed by atoms with Crippen molar-refractivity contribution in [2.45, 2.75) is 19.0 Å². The molecule has 1 aliphatic rings. The molecule has 136 valence electrons. The standard InChI is InChI=1S/C20H22FN3O2/c21-17-8-5-15(6-9-17)13-24-12-11-18(14-24)22-19-4-2-1-3-16(19)7-10-20(25)23-26/h1-10,18,22,26H,11-14H2,(H,23,25). The molecule has 1 unspecified atom stereocenters. The summed E-state index contributed by atoms with van der Waals surface area (Å²) in [5.41, 5.74) is 4.52. The van der Waals surface area contributed by atoms with Crippen molar-refractivity contribution >= 4 is 17.7 Å². The molecular formula is C20H22FN3O2. The van der Waals surface area contributed by atoms with Crippen molar-refractivity contribution in [2.24, 2.45) is 0 Å². The molecule has 0 aliphatic carbocycles. The van der Waals surface area contributed by atoms with Crippen LogP contribution >= 0.6 is 0 Å². The molecule has 1 saturated heterocycles. The molecule has 1 aliphatic heterocycles. The number of hydrogen-bond acceptors (Lipinski definition) is 4. The highest BCUT2D eigenvalue weighted by Crippen LogP contribution is 2.22.